The van der Waals surface area contributed by atoms with Gasteiger partial charge in [-0.25, -0.2) is 0 Å². The fourth-order valence-electron chi connectivity index (χ4n) is 2.27. The van der Waals surface area contributed by atoms with Crippen molar-refractivity contribution in [3.05, 3.63) is 27.7 Å². The van der Waals surface area contributed by atoms with Gasteiger partial charge in [0.05, 0.1) is 5.02 Å². The number of halogens is 2. The van der Waals surface area contributed by atoms with Crippen LogP contribution >= 0.6 is 27.5 Å². The molecule has 1 aromatic carbocycles. The smallest absolute Gasteiger partial charge is 0.224 e. The Hall–Kier alpha value is -0.580. The fraction of sp³-hybridized carbons (Fsp3) is 0.500. The fourth-order valence-corrected chi connectivity index (χ4v) is 2.70. The summed E-state index contributed by atoms with van der Waals surface area (Å²) in [6.07, 6.45) is 5.14. The zero-order chi connectivity index (χ0) is 13.7. The Bertz CT molecular complexity index is 447. The van der Waals surface area contributed by atoms with Gasteiger partial charge in [0.1, 0.15) is 0 Å². The van der Waals surface area contributed by atoms with Crippen molar-refractivity contribution in [3.63, 3.8) is 0 Å². The SMILES string of the molecule is O=C(CCC1CCCCN1)Nc1ccc(Br)c(Cl)c1. The Morgan fingerprint density at radius 2 is 2.32 bits per heavy atom. The number of hydrogen-bond donors (Lipinski definition) is 2. The summed E-state index contributed by atoms with van der Waals surface area (Å²) in [5, 5.41) is 6.93. The van der Waals surface area contributed by atoms with Gasteiger partial charge in [0.25, 0.3) is 0 Å². The normalized spacial score (nSPS) is 19.2. The molecule has 0 bridgehead atoms. The lowest BCUT2D eigenvalue weighted by molar-refractivity contribution is -0.116. The Balaban J connectivity index is 1.78. The molecule has 0 aliphatic carbocycles. The highest BCUT2D eigenvalue weighted by Gasteiger charge is 2.14. The zero-order valence-corrected chi connectivity index (χ0v) is 13.1. The number of rotatable bonds is 4. The molecular formula is C14H18BrClN2O. The van der Waals surface area contributed by atoms with Gasteiger partial charge in [0.15, 0.2) is 0 Å². The second kappa shape index (κ2) is 7.27. The average Bonchev–Trinajstić information content (AvgIpc) is 2.42. The lowest BCUT2D eigenvalue weighted by Crippen LogP contribution is -2.34. The summed E-state index contributed by atoms with van der Waals surface area (Å²) in [6, 6.07) is 5.92. The maximum absolute atomic E-state index is 11.9. The standard InChI is InChI=1S/C14H18BrClN2O/c15-12-6-4-11(9-13(12)16)18-14(19)7-5-10-3-1-2-8-17-10/h4,6,9-10,17H,1-3,5,7-8H2,(H,18,19). The molecule has 5 heteroatoms. The molecule has 1 heterocycles. The van der Waals surface area contributed by atoms with Gasteiger partial charge < -0.3 is 10.6 Å². The van der Waals surface area contributed by atoms with E-state index < -0.39 is 0 Å². The molecule has 0 aromatic heterocycles. The van der Waals surface area contributed by atoms with Crippen molar-refractivity contribution < 1.29 is 4.79 Å². The van der Waals surface area contributed by atoms with Crippen LogP contribution in [0.4, 0.5) is 5.69 Å². The Morgan fingerprint density at radius 3 is 3.00 bits per heavy atom. The van der Waals surface area contributed by atoms with E-state index in [2.05, 4.69) is 26.6 Å². The molecule has 0 radical (unpaired) electrons. The molecule has 1 aromatic rings. The quantitative estimate of drug-likeness (QED) is 0.867. The molecule has 1 aliphatic heterocycles. The van der Waals surface area contributed by atoms with E-state index in [1.165, 1.54) is 19.3 Å². The maximum Gasteiger partial charge on any atom is 0.224 e. The largest absolute Gasteiger partial charge is 0.326 e. The van der Waals surface area contributed by atoms with Crippen LogP contribution in [0.2, 0.25) is 5.02 Å². The summed E-state index contributed by atoms with van der Waals surface area (Å²) in [5.41, 5.74) is 0.745. The number of hydrogen-bond acceptors (Lipinski definition) is 2. The summed E-state index contributed by atoms with van der Waals surface area (Å²) in [6.45, 7) is 1.08. The molecule has 104 valence electrons. The highest BCUT2D eigenvalue weighted by Crippen LogP contribution is 2.25. The van der Waals surface area contributed by atoms with Crippen LogP contribution in [0.1, 0.15) is 32.1 Å². The molecule has 1 saturated heterocycles. The third-order valence-electron chi connectivity index (χ3n) is 3.34. The number of anilines is 1. The molecule has 1 unspecified atom stereocenters. The number of nitrogens with one attached hydrogen (secondary N) is 2. The molecule has 19 heavy (non-hydrogen) atoms. The van der Waals surface area contributed by atoms with Gasteiger partial charge in [0.2, 0.25) is 5.91 Å². The van der Waals surface area contributed by atoms with Gasteiger partial charge in [-0.1, -0.05) is 18.0 Å². The number of benzene rings is 1. The van der Waals surface area contributed by atoms with Gasteiger partial charge in [-0.3, -0.25) is 4.79 Å². The zero-order valence-electron chi connectivity index (χ0n) is 10.7. The van der Waals surface area contributed by atoms with Crippen LogP contribution < -0.4 is 10.6 Å². The van der Waals surface area contributed by atoms with Crippen LogP contribution in [0.5, 0.6) is 0 Å². The first-order chi connectivity index (χ1) is 9.15. The predicted molar refractivity (Wildman–Crippen MR) is 82.7 cm³/mol. The summed E-state index contributed by atoms with van der Waals surface area (Å²) in [4.78, 5) is 11.9. The minimum absolute atomic E-state index is 0.0470. The predicted octanol–water partition coefficient (Wildman–Crippen LogP) is 3.96. The topological polar surface area (TPSA) is 41.1 Å². The summed E-state index contributed by atoms with van der Waals surface area (Å²) in [5.74, 6) is 0.0470. The second-order valence-corrected chi connectivity index (χ2v) is 6.12. The van der Waals surface area contributed by atoms with E-state index >= 15 is 0 Å². The highest BCUT2D eigenvalue weighted by atomic mass is 79.9. The molecule has 3 nitrogen and oxygen atoms in total. The molecule has 2 N–H and O–H groups in total. The molecule has 1 aliphatic rings. The third kappa shape index (κ3) is 4.79. The van der Waals surface area contributed by atoms with Crippen molar-refractivity contribution in [2.75, 3.05) is 11.9 Å². The first-order valence-electron chi connectivity index (χ1n) is 6.63. The summed E-state index contributed by atoms with van der Waals surface area (Å²) < 4.78 is 0.832. The minimum Gasteiger partial charge on any atom is -0.326 e. The average molecular weight is 346 g/mol. The lowest BCUT2D eigenvalue weighted by atomic mass is 10.0. The highest BCUT2D eigenvalue weighted by molar-refractivity contribution is 9.10. The van der Waals surface area contributed by atoms with E-state index in [9.17, 15) is 4.79 Å². The minimum atomic E-state index is 0.0470. The van der Waals surface area contributed by atoms with Crippen LogP contribution in [-0.2, 0) is 4.79 Å². The third-order valence-corrected chi connectivity index (χ3v) is 4.57. The van der Waals surface area contributed by atoms with Crippen molar-refractivity contribution in [1.82, 2.24) is 5.32 Å². The van der Waals surface area contributed by atoms with Crippen LogP contribution in [-0.4, -0.2) is 18.5 Å². The van der Waals surface area contributed by atoms with Crippen LogP contribution in [0.25, 0.3) is 0 Å². The first kappa shape index (κ1) is 14.8. The van der Waals surface area contributed by atoms with Gasteiger partial charge in [-0.2, -0.15) is 0 Å². The van der Waals surface area contributed by atoms with Gasteiger partial charge in [-0.15, -0.1) is 0 Å². The van der Waals surface area contributed by atoms with Gasteiger partial charge in [-0.05, 0) is 59.9 Å². The van der Waals surface area contributed by atoms with E-state index in [0.717, 1.165) is 23.1 Å². The number of carbonyl (C=O) groups is 1. The second-order valence-electron chi connectivity index (χ2n) is 4.86. The molecule has 2 rings (SSSR count). The Morgan fingerprint density at radius 1 is 1.47 bits per heavy atom. The lowest BCUT2D eigenvalue weighted by Gasteiger charge is -2.23. The number of piperidine rings is 1. The molecule has 0 spiro atoms. The van der Waals surface area contributed by atoms with Crippen molar-refractivity contribution in [3.8, 4) is 0 Å². The van der Waals surface area contributed by atoms with Crippen molar-refractivity contribution in [2.45, 2.75) is 38.1 Å². The van der Waals surface area contributed by atoms with Crippen LogP contribution in [0.3, 0.4) is 0 Å². The van der Waals surface area contributed by atoms with Gasteiger partial charge in [0, 0.05) is 22.6 Å². The first-order valence-corrected chi connectivity index (χ1v) is 7.80. The molecular weight excluding hydrogens is 328 g/mol. The van der Waals surface area contributed by atoms with Gasteiger partial charge >= 0.3 is 0 Å². The Labute approximate surface area is 127 Å². The van der Waals surface area contributed by atoms with E-state index in [-0.39, 0.29) is 5.91 Å². The molecule has 0 saturated carbocycles. The maximum atomic E-state index is 11.9. The van der Waals surface area contributed by atoms with Crippen molar-refractivity contribution in [2.24, 2.45) is 0 Å². The monoisotopic (exact) mass is 344 g/mol. The van der Waals surface area contributed by atoms with E-state index in [1.807, 2.05) is 12.1 Å². The van der Waals surface area contributed by atoms with Crippen molar-refractivity contribution in [1.29, 1.82) is 0 Å². The summed E-state index contributed by atoms with van der Waals surface area (Å²) in [7, 11) is 0. The van der Waals surface area contributed by atoms with Crippen LogP contribution in [0.15, 0.2) is 22.7 Å². The Kier molecular flexibility index (Phi) is 5.67. The molecule has 1 amide bonds. The van der Waals surface area contributed by atoms with E-state index in [0.29, 0.717) is 17.5 Å². The molecule has 1 fully saturated rings. The van der Waals surface area contributed by atoms with E-state index in [1.54, 1.807) is 6.07 Å². The number of carbonyl (C=O) groups excluding carboxylic acids is 1. The molecule has 1 atom stereocenters. The van der Waals surface area contributed by atoms with Crippen molar-refractivity contribution >= 4 is 39.1 Å². The summed E-state index contributed by atoms with van der Waals surface area (Å²) >= 11 is 9.31. The number of amides is 1. The van der Waals surface area contributed by atoms with Crippen LogP contribution in [0, 0.1) is 0 Å². The van der Waals surface area contributed by atoms with E-state index in [4.69, 9.17) is 11.6 Å².